The van der Waals surface area contributed by atoms with E-state index in [1.54, 1.807) is 18.3 Å². The lowest BCUT2D eigenvalue weighted by Gasteiger charge is -2.32. The van der Waals surface area contributed by atoms with E-state index in [9.17, 15) is 21.6 Å². The summed E-state index contributed by atoms with van der Waals surface area (Å²) in [6.07, 6.45) is 2.11. The van der Waals surface area contributed by atoms with E-state index in [4.69, 9.17) is 11.6 Å². The van der Waals surface area contributed by atoms with E-state index < -0.39 is 15.5 Å². The van der Waals surface area contributed by atoms with Crippen molar-refractivity contribution < 1.29 is 21.6 Å². The summed E-state index contributed by atoms with van der Waals surface area (Å²) in [6, 6.07) is 3.28. The molecule has 1 aliphatic heterocycles. The van der Waals surface area contributed by atoms with E-state index in [2.05, 4.69) is 20.6 Å². The Morgan fingerprint density at radius 2 is 2.04 bits per heavy atom. The summed E-state index contributed by atoms with van der Waals surface area (Å²) < 4.78 is 61.3. The lowest BCUT2D eigenvalue weighted by atomic mass is 10.1. The van der Waals surface area contributed by atoms with Crippen molar-refractivity contribution in [3.05, 3.63) is 29.0 Å². The first-order valence-electron chi connectivity index (χ1n) is 8.35. The Bertz CT molecular complexity index is 748. The Kier molecular flexibility index (Phi) is 7.29. The number of hydrogen-bond acceptors (Lipinski definition) is 4. The van der Waals surface area contributed by atoms with Crippen LogP contribution in [0.2, 0.25) is 5.15 Å². The maximum absolute atomic E-state index is 12.6. The predicted molar refractivity (Wildman–Crippen MR) is 96.8 cm³/mol. The van der Waals surface area contributed by atoms with Crippen LogP contribution in [0.1, 0.15) is 25.3 Å². The number of aromatic nitrogens is 1. The summed E-state index contributed by atoms with van der Waals surface area (Å²) in [6.45, 7) is 2.45. The number of sulfonamides is 1. The molecule has 0 atom stereocenters. The van der Waals surface area contributed by atoms with Crippen LogP contribution in [-0.2, 0) is 16.6 Å². The van der Waals surface area contributed by atoms with Crippen LogP contribution in [0.5, 0.6) is 0 Å². The summed E-state index contributed by atoms with van der Waals surface area (Å²) in [5, 5.41) is 6.58. The Hall–Kier alpha value is -1.59. The fraction of sp³-hybridized carbons (Fsp3) is 0.600. The lowest BCUT2D eigenvalue weighted by Crippen LogP contribution is -2.51. The molecule has 1 aromatic heterocycles. The number of pyridine rings is 1. The Labute approximate surface area is 161 Å². The van der Waals surface area contributed by atoms with Gasteiger partial charge in [-0.25, -0.2) is 18.4 Å². The molecular weight excluding hydrogens is 407 g/mol. The second-order valence-corrected chi connectivity index (χ2v) is 8.27. The van der Waals surface area contributed by atoms with E-state index in [0.717, 1.165) is 5.56 Å². The number of hydrogen-bond donors (Lipinski definition) is 2. The maximum atomic E-state index is 12.6. The molecule has 0 aromatic carbocycles. The number of nitrogens with one attached hydrogen (secondary N) is 2. The zero-order valence-corrected chi connectivity index (χ0v) is 16.2. The molecule has 1 saturated heterocycles. The highest BCUT2D eigenvalue weighted by Crippen LogP contribution is 2.28. The van der Waals surface area contributed by atoms with E-state index in [1.807, 2.05) is 6.92 Å². The average molecular weight is 428 g/mol. The third-order valence-electron chi connectivity index (χ3n) is 3.98. The molecule has 1 aliphatic rings. The van der Waals surface area contributed by atoms with Crippen molar-refractivity contribution in [2.24, 2.45) is 4.99 Å². The number of piperidine rings is 1. The monoisotopic (exact) mass is 427 g/mol. The number of halogens is 4. The van der Waals surface area contributed by atoms with E-state index in [1.165, 1.54) is 0 Å². The Balaban J connectivity index is 1.94. The summed E-state index contributed by atoms with van der Waals surface area (Å²) in [5.74, 6) is 0.504. The van der Waals surface area contributed by atoms with Gasteiger partial charge < -0.3 is 10.6 Å². The average Bonchev–Trinajstić information content (AvgIpc) is 2.61. The molecule has 2 rings (SSSR count). The number of nitrogens with zero attached hydrogens (tertiary/aromatic N) is 3. The van der Waals surface area contributed by atoms with Crippen molar-refractivity contribution >= 4 is 27.6 Å². The Morgan fingerprint density at radius 3 is 2.56 bits per heavy atom. The van der Waals surface area contributed by atoms with Crippen LogP contribution in [0.15, 0.2) is 23.3 Å². The van der Waals surface area contributed by atoms with Crippen LogP contribution >= 0.6 is 11.6 Å². The minimum atomic E-state index is -5.27. The molecular formula is C15H21ClF3N5O2S. The van der Waals surface area contributed by atoms with Crippen LogP contribution < -0.4 is 10.6 Å². The molecule has 152 valence electrons. The summed E-state index contributed by atoms with van der Waals surface area (Å²) in [7, 11) is -5.27. The van der Waals surface area contributed by atoms with Gasteiger partial charge in [0.1, 0.15) is 5.15 Å². The van der Waals surface area contributed by atoms with Gasteiger partial charge in [0.15, 0.2) is 5.96 Å². The molecule has 0 saturated carbocycles. The van der Waals surface area contributed by atoms with Crippen molar-refractivity contribution in [3.63, 3.8) is 0 Å². The second kappa shape index (κ2) is 9.07. The van der Waals surface area contributed by atoms with Crippen LogP contribution in [0, 0.1) is 0 Å². The van der Waals surface area contributed by atoms with E-state index in [-0.39, 0.29) is 32.0 Å². The fourth-order valence-electron chi connectivity index (χ4n) is 2.57. The highest BCUT2D eigenvalue weighted by atomic mass is 35.5. The highest BCUT2D eigenvalue weighted by molar-refractivity contribution is 7.90. The molecule has 27 heavy (non-hydrogen) atoms. The topological polar surface area (TPSA) is 86.7 Å². The quantitative estimate of drug-likeness (QED) is 0.427. The summed E-state index contributed by atoms with van der Waals surface area (Å²) >= 11 is 5.74. The molecule has 0 aliphatic carbocycles. The number of alkyl halides is 3. The molecule has 0 amide bonds. The molecule has 1 fully saturated rings. The zero-order chi connectivity index (χ0) is 20.1. The van der Waals surface area contributed by atoms with Gasteiger partial charge in [-0.05, 0) is 31.4 Å². The summed E-state index contributed by atoms with van der Waals surface area (Å²) in [5.41, 5.74) is -4.42. The highest BCUT2D eigenvalue weighted by Gasteiger charge is 2.50. The minimum Gasteiger partial charge on any atom is -0.357 e. The van der Waals surface area contributed by atoms with Crippen molar-refractivity contribution in [1.29, 1.82) is 0 Å². The fourth-order valence-corrected chi connectivity index (χ4v) is 3.67. The first-order chi connectivity index (χ1) is 12.6. The number of rotatable bonds is 5. The van der Waals surface area contributed by atoms with Gasteiger partial charge in [-0.15, -0.1) is 0 Å². The van der Waals surface area contributed by atoms with Crippen LogP contribution in [0.25, 0.3) is 0 Å². The van der Waals surface area contributed by atoms with Gasteiger partial charge in [0.05, 0.1) is 6.54 Å². The predicted octanol–water partition coefficient (Wildman–Crippen LogP) is 2.10. The number of aliphatic imine (C=N–C) groups is 1. The van der Waals surface area contributed by atoms with Gasteiger partial charge in [-0.1, -0.05) is 17.7 Å². The van der Waals surface area contributed by atoms with Gasteiger partial charge in [0.25, 0.3) is 0 Å². The Morgan fingerprint density at radius 1 is 1.37 bits per heavy atom. The van der Waals surface area contributed by atoms with E-state index >= 15 is 0 Å². The van der Waals surface area contributed by atoms with Crippen LogP contribution in [-0.4, -0.2) is 54.9 Å². The zero-order valence-electron chi connectivity index (χ0n) is 14.6. The summed E-state index contributed by atoms with van der Waals surface area (Å²) in [4.78, 5) is 8.38. The second-order valence-electron chi connectivity index (χ2n) is 5.95. The van der Waals surface area contributed by atoms with Crippen molar-refractivity contribution in [2.75, 3.05) is 19.6 Å². The van der Waals surface area contributed by atoms with Gasteiger partial charge >= 0.3 is 15.5 Å². The van der Waals surface area contributed by atoms with Crippen LogP contribution in [0.4, 0.5) is 13.2 Å². The van der Waals surface area contributed by atoms with Crippen LogP contribution in [0.3, 0.4) is 0 Å². The van der Waals surface area contributed by atoms with Crippen molar-refractivity contribution in [2.45, 2.75) is 37.9 Å². The molecule has 0 bridgehead atoms. The molecule has 7 nitrogen and oxygen atoms in total. The maximum Gasteiger partial charge on any atom is 0.511 e. The third kappa shape index (κ3) is 5.94. The molecule has 2 heterocycles. The normalized spacial score (nSPS) is 17.7. The smallest absolute Gasteiger partial charge is 0.357 e. The van der Waals surface area contributed by atoms with Crippen molar-refractivity contribution in [1.82, 2.24) is 19.9 Å². The minimum absolute atomic E-state index is 0.175. The van der Waals surface area contributed by atoms with E-state index in [0.29, 0.717) is 28.5 Å². The first-order valence-corrected chi connectivity index (χ1v) is 10.2. The molecule has 12 heteroatoms. The van der Waals surface area contributed by atoms with Crippen molar-refractivity contribution in [3.8, 4) is 0 Å². The first kappa shape index (κ1) is 21.7. The van der Waals surface area contributed by atoms with Gasteiger partial charge in [0.2, 0.25) is 0 Å². The molecule has 1 aromatic rings. The lowest BCUT2D eigenvalue weighted by molar-refractivity contribution is -0.0494. The number of guanidine groups is 1. The SMILES string of the molecule is CCNC(=NCc1ccc(Cl)nc1)NC1CCN(S(=O)(=O)C(F)(F)F)CC1. The molecule has 0 spiro atoms. The van der Waals surface area contributed by atoms with Gasteiger partial charge in [0, 0.05) is 31.9 Å². The van der Waals surface area contributed by atoms with Gasteiger partial charge in [-0.2, -0.15) is 17.5 Å². The molecule has 0 radical (unpaired) electrons. The van der Waals surface area contributed by atoms with Gasteiger partial charge in [-0.3, -0.25) is 0 Å². The molecule has 0 unspecified atom stereocenters. The molecule has 2 N–H and O–H groups in total. The third-order valence-corrected chi connectivity index (χ3v) is 5.83. The largest absolute Gasteiger partial charge is 0.511 e. The standard InChI is InChI=1S/C15H21ClF3N5O2S/c1-2-20-14(22-10-11-3-4-13(16)21-9-11)23-12-5-7-24(8-6-12)27(25,26)15(17,18)19/h3-4,9,12H,2,5-8,10H2,1H3,(H2,20,22,23).